The molecule has 0 aromatic heterocycles. The van der Waals surface area contributed by atoms with Crippen LogP contribution in [0.15, 0.2) is 18.2 Å². The number of amides is 2. The third-order valence-corrected chi connectivity index (χ3v) is 5.25. The first kappa shape index (κ1) is 21.9. The van der Waals surface area contributed by atoms with Crippen LogP contribution in [0.2, 0.25) is 0 Å². The Morgan fingerprint density at radius 3 is 2.36 bits per heavy atom. The number of likely N-dealkylation sites (tertiary alicyclic amines) is 1. The van der Waals surface area contributed by atoms with E-state index >= 15 is 0 Å². The summed E-state index contributed by atoms with van der Waals surface area (Å²) in [6.45, 7) is 9.13. The van der Waals surface area contributed by atoms with Gasteiger partial charge in [-0.15, -0.1) is 0 Å². The van der Waals surface area contributed by atoms with Crippen molar-refractivity contribution in [1.82, 2.24) is 10.2 Å². The summed E-state index contributed by atoms with van der Waals surface area (Å²) in [4.78, 5) is 38.5. The van der Waals surface area contributed by atoms with Crippen LogP contribution in [0.3, 0.4) is 0 Å². The average molecular weight is 389 g/mol. The minimum absolute atomic E-state index is 0.0732. The molecule has 154 valence electrons. The molecule has 0 aliphatic carbocycles. The zero-order valence-corrected chi connectivity index (χ0v) is 17.2. The maximum absolute atomic E-state index is 12.4. The lowest BCUT2D eigenvalue weighted by Gasteiger charge is -2.34. The molecule has 0 saturated carbocycles. The van der Waals surface area contributed by atoms with E-state index in [1.807, 2.05) is 43.9 Å². The molecule has 0 spiro atoms. The summed E-state index contributed by atoms with van der Waals surface area (Å²) in [5, 5.41) is 5.57. The lowest BCUT2D eigenvalue weighted by atomic mass is 9.96. The van der Waals surface area contributed by atoms with E-state index in [-0.39, 0.29) is 36.3 Å². The molecule has 2 N–H and O–H groups in total. The fourth-order valence-corrected chi connectivity index (χ4v) is 3.46. The average Bonchev–Trinajstić information content (AvgIpc) is 2.68. The minimum atomic E-state index is -0.351. The van der Waals surface area contributed by atoms with Crippen molar-refractivity contribution in [2.24, 2.45) is 5.92 Å². The quantitative estimate of drug-likeness (QED) is 0.697. The van der Waals surface area contributed by atoms with E-state index in [2.05, 4.69) is 10.6 Å². The van der Waals surface area contributed by atoms with Crippen molar-refractivity contribution in [1.29, 1.82) is 0 Å². The van der Waals surface area contributed by atoms with Gasteiger partial charge < -0.3 is 15.4 Å². The van der Waals surface area contributed by atoms with Gasteiger partial charge in [0, 0.05) is 5.69 Å². The van der Waals surface area contributed by atoms with Gasteiger partial charge in [-0.3, -0.25) is 19.3 Å². The number of ether oxygens (including phenoxy) is 1. The Kier molecular flexibility index (Phi) is 7.99. The monoisotopic (exact) mass is 389 g/mol. The summed E-state index contributed by atoms with van der Waals surface area (Å²) < 4.78 is 5.07. The van der Waals surface area contributed by atoms with Gasteiger partial charge in [0.05, 0.1) is 25.1 Å². The van der Waals surface area contributed by atoms with Crippen molar-refractivity contribution in [2.45, 2.75) is 46.6 Å². The number of nitrogens with one attached hydrogen (secondary N) is 2. The molecule has 0 radical (unpaired) electrons. The van der Waals surface area contributed by atoms with Crippen molar-refractivity contribution in [3.63, 3.8) is 0 Å². The van der Waals surface area contributed by atoms with E-state index in [1.165, 1.54) is 0 Å². The molecular formula is C21H31N3O4. The highest BCUT2D eigenvalue weighted by Crippen LogP contribution is 2.21. The van der Waals surface area contributed by atoms with Crippen molar-refractivity contribution in [3.8, 4) is 0 Å². The predicted molar refractivity (Wildman–Crippen MR) is 108 cm³/mol. The second kappa shape index (κ2) is 10.2. The summed E-state index contributed by atoms with van der Waals surface area (Å²) in [5.41, 5.74) is 2.76. The lowest BCUT2D eigenvalue weighted by Crippen LogP contribution is -2.50. The highest BCUT2D eigenvalue weighted by molar-refractivity contribution is 5.96. The first-order valence-electron chi connectivity index (χ1n) is 9.88. The molecule has 0 unspecified atom stereocenters. The van der Waals surface area contributed by atoms with Crippen molar-refractivity contribution >= 4 is 23.5 Å². The molecule has 2 amide bonds. The molecule has 1 saturated heterocycles. The van der Waals surface area contributed by atoms with Gasteiger partial charge >= 0.3 is 5.97 Å². The number of benzene rings is 1. The Morgan fingerprint density at radius 1 is 1.18 bits per heavy atom. The van der Waals surface area contributed by atoms with Crippen LogP contribution in [0.1, 0.15) is 37.8 Å². The summed E-state index contributed by atoms with van der Waals surface area (Å²) in [5.74, 6) is -0.678. The van der Waals surface area contributed by atoms with Crippen LogP contribution in [-0.4, -0.2) is 55.0 Å². The Hall–Kier alpha value is -2.41. The maximum atomic E-state index is 12.4. The van der Waals surface area contributed by atoms with Gasteiger partial charge in [-0.25, -0.2) is 0 Å². The topological polar surface area (TPSA) is 87.7 Å². The first-order valence-corrected chi connectivity index (χ1v) is 9.88. The van der Waals surface area contributed by atoms with Gasteiger partial charge in [0.2, 0.25) is 11.8 Å². The summed E-state index contributed by atoms with van der Waals surface area (Å²) >= 11 is 0. The molecule has 1 fully saturated rings. The molecule has 1 aliphatic heterocycles. The molecule has 0 bridgehead atoms. The number of anilines is 1. The van der Waals surface area contributed by atoms with Crippen LogP contribution in [0, 0.1) is 19.8 Å². The smallest absolute Gasteiger partial charge is 0.309 e. The molecule has 2 rings (SSSR count). The number of carbonyl (C=O) groups is 3. The second-order valence-corrected chi connectivity index (χ2v) is 7.27. The molecule has 1 heterocycles. The van der Waals surface area contributed by atoms with Crippen LogP contribution in [0.5, 0.6) is 0 Å². The fourth-order valence-electron chi connectivity index (χ4n) is 3.46. The number of piperidine rings is 1. The largest absolute Gasteiger partial charge is 0.466 e. The first-order chi connectivity index (χ1) is 13.3. The van der Waals surface area contributed by atoms with E-state index in [0.29, 0.717) is 32.5 Å². The highest BCUT2D eigenvalue weighted by atomic mass is 16.5. The van der Waals surface area contributed by atoms with E-state index in [9.17, 15) is 14.4 Å². The Labute approximate surface area is 166 Å². The summed E-state index contributed by atoms with van der Waals surface area (Å²) in [6.07, 6.45) is 1.37. The number of para-hydroxylation sites is 1. The zero-order chi connectivity index (χ0) is 20.7. The number of carbonyl (C=O) groups excluding carboxylic acids is 3. The standard InChI is InChI=1S/C21H31N3O4/c1-5-28-21(27)17-9-11-24(12-10-17)16(4)20(26)22-13-18(25)23-19-14(2)7-6-8-15(19)3/h6-8,16-17H,5,9-13H2,1-4H3,(H,22,26)(H,23,25)/t16-/m0/s1. The lowest BCUT2D eigenvalue weighted by molar-refractivity contribution is -0.150. The normalized spacial score (nSPS) is 16.3. The number of esters is 1. The Morgan fingerprint density at radius 2 is 1.79 bits per heavy atom. The molecule has 7 heteroatoms. The van der Waals surface area contributed by atoms with Gasteiger partial charge in [-0.2, -0.15) is 0 Å². The van der Waals surface area contributed by atoms with E-state index in [1.54, 1.807) is 6.92 Å². The number of hydrogen-bond acceptors (Lipinski definition) is 5. The molecule has 1 atom stereocenters. The number of nitrogens with zero attached hydrogens (tertiary/aromatic N) is 1. The molecule has 1 aromatic rings. The Bertz CT molecular complexity index is 691. The fraction of sp³-hybridized carbons (Fsp3) is 0.571. The van der Waals surface area contributed by atoms with Gasteiger partial charge in [0.15, 0.2) is 0 Å². The van der Waals surface area contributed by atoms with E-state index < -0.39 is 0 Å². The van der Waals surface area contributed by atoms with E-state index in [4.69, 9.17) is 4.74 Å². The van der Waals surface area contributed by atoms with Gasteiger partial charge in [-0.05, 0) is 64.8 Å². The Balaban J connectivity index is 1.78. The zero-order valence-electron chi connectivity index (χ0n) is 17.2. The number of hydrogen-bond donors (Lipinski definition) is 2. The predicted octanol–water partition coefficient (Wildman–Crippen LogP) is 2.02. The molecule has 1 aliphatic rings. The van der Waals surface area contributed by atoms with Crippen LogP contribution < -0.4 is 10.6 Å². The second-order valence-electron chi connectivity index (χ2n) is 7.27. The minimum Gasteiger partial charge on any atom is -0.466 e. The van der Waals surface area contributed by atoms with Crippen LogP contribution >= 0.6 is 0 Å². The third kappa shape index (κ3) is 5.79. The van der Waals surface area contributed by atoms with Crippen molar-refractivity contribution in [3.05, 3.63) is 29.3 Å². The number of aryl methyl sites for hydroxylation is 2. The number of rotatable bonds is 7. The maximum Gasteiger partial charge on any atom is 0.309 e. The molecule has 7 nitrogen and oxygen atoms in total. The highest BCUT2D eigenvalue weighted by Gasteiger charge is 2.30. The van der Waals surface area contributed by atoms with Crippen molar-refractivity contribution in [2.75, 3.05) is 31.6 Å². The molecule has 28 heavy (non-hydrogen) atoms. The molecule has 1 aromatic carbocycles. The summed E-state index contributed by atoms with van der Waals surface area (Å²) in [7, 11) is 0. The van der Waals surface area contributed by atoms with Gasteiger partial charge in [-0.1, -0.05) is 18.2 Å². The van der Waals surface area contributed by atoms with E-state index in [0.717, 1.165) is 16.8 Å². The van der Waals surface area contributed by atoms with Crippen LogP contribution in [-0.2, 0) is 19.1 Å². The SMILES string of the molecule is CCOC(=O)C1CCN([C@@H](C)C(=O)NCC(=O)Nc2c(C)cccc2C)CC1. The van der Waals surface area contributed by atoms with Gasteiger partial charge in [0.1, 0.15) is 0 Å². The summed E-state index contributed by atoms with van der Waals surface area (Å²) in [6, 6.07) is 5.46. The van der Waals surface area contributed by atoms with Crippen LogP contribution in [0.4, 0.5) is 5.69 Å². The van der Waals surface area contributed by atoms with Crippen LogP contribution in [0.25, 0.3) is 0 Å². The van der Waals surface area contributed by atoms with Gasteiger partial charge in [0.25, 0.3) is 0 Å². The molecular weight excluding hydrogens is 358 g/mol. The van der Waals surface area contributed by atoms with Crippen molar-refractivity contribution < 1.29 is 19.1 Å². The third-order valence-electron chi connectivity index (χ3n) is 5.25.